The summed E-state index contributed by atoms with van der Waals surface area (Å²) in [6, 6.07) is 8.03. The van der Waals surface area contributed by atoms with Crippen molar-refractivity contribution in [3.63, 3.8) is 0 Å². The van der Waals surface area contributed by atoms with Crippen LogP contribution in [0, 0.1) is 0 Å². The van der Waals surface area contributed by atoms with Gasteiger partial charge in [-0.05, 0) is 69.1 Å². The van der Waals surface area contributed by atoms with E-state index in [1.54, 1.807) is 6.20 Å². The number of benzene rings is 1. The summed E-state index contributed by atoms with van der Waals surface area (Å²) in [7, 11) is 1.92. The molecule has 6 heteroatoms. The molecule has 1 unspecified atom stereocenters. The van der Waals surface area contributed by atoms with Crippen LogP contribution in [0.1, 0.15) is 17.3 Å². The summed E-state index contributed by atoms with van der Waals surface area (Å²) in [5.74, 6) is 0. The lowest BCUT2D eigenvalue weighted by Gasteiger charge is -2.18. The third-order valence-corrected chi connectivity index (χ3v) is 4.87. The number of pyridine rings is 1. The zero-order valence-corrected chi connectivity index (χ0v) is 16.1. The first-order chi connectivity index (χ1) is 9.51. The number of halogens is 4. The minimum absolute atomic E-state index is 0.0937. The van der Waals surface area contributed by atoms with E-state index in [1.165, 1.54) is 0 Å². The Balaban J connectivity index is 2.28. The maximum atomic E-state index is 6.29. The van der Waals surface area contributed by atoms with E-state index in [1.807, 2.05) is 31.3 Å². The van der Waals surface area contributed by atoms with E-state index in [0.29, 0.717) is 0 Å². The highest BCUT2D eigenvalue weighted by atomic mass is 79.9. The predicted octanol–water partition coefficient (Wildman–Crippen LogP) is 5.53. The lowest BCUT2D eigenvalue weighted by Crippen LogP contribution is -2.20. The highest BCUT2D eigenvalue weighted by Crippen LogP contribution is 2.29. The molecule has 0 radical (unpaired) electrons. The van der Waals surface area contributed by atoms with Crippen molar-refractivity contribution in [1.82, 2.24) is 10.3 Å². The number of aromatic nitrogens is 1. The first-order valence-electron chi connectivity index (χ1n) is 5.93. The van der Waals surface area contributed by atoms with Crippen LogP contribution in [0.2, 0.25) is 5.02 Å². The quantitative estimate of drug-likeness (QED) is 0.619. The number of nitrogens with zero attached hydrogens (tertiary/aromatic N) is 1. The Labute approximate surface area is 148 Å². The third-order valence-electron chi connectivity index (χ3n) is 2.95. The smallest absolute Gasteiger partial charge is 0.0719 e. The Bertz CT molecular complexity index is 619. The van der Waals surface area contributed by atoms with Crippen LogP contribution >= 0.6 is 59.4 Å². The predicted molar refractivity (Wildman–Crippen MR) is 94.3 cm³/mol. The lowest BCUT2D eigenvalue weighted by molar-refractivity contribution is 0.573. The number of hydrogen-bond donors (Lipinski definition) is 1. The van der Waals surface area contributed by atoms with Gasteiger partial charge < -0.3 is 5.32 Å². The van der Waals surface area contributed by atoms with Crippen molar-refractivity contribution in [2.75, 3.05) is 7.05 Å². The van der Waals surface area contributed by atoms with Crippen molar-refractivity contribution in [2.24, 2.45) is 0 Å². The zero-order chi connectivity index (χ0) is 14.7. The van der Waals surface area contributed by atoms with Crippen molar-refractivity contribution in [3.05, 3.63) is 60.2 Å². The van der Waals surface area contributed by atoms with Crippen LogP contribution in [-0.4, -0.2) is 12.0 Å². The molecule has 20 heavy (non-hydrogen) atoms. The van der Waals surface area contributed by atoms with Gasteiger partial charge in [0.05, 0.1) is 11.7 Å². The van der Waals surface area contributed by atoms with Gasteiger partial charge in [0.1, 0.15) is 0 Å². The molecule has 0 spiro atoms. The average molecular weight is 483 g/mol. The summed E-state index contributed by atoms with van der Waals surface area (Å²) < 4.78 is 2.90. The molecule has 1 aromatic carbocycles. The molecule has 2 rings (SSSR count). The summed E-state index contributed by atoms with van der Waals surface area (Å²) in [4.78, 5) is 4.48. The van der Waals surface area contributed by atoms with E-state index >= 15 is 0 Å². The standard InChI is InChI=1S/C14H12Br3ClN2/c1-19-13(14-11(17)5-10(16)7-20-14)4-8-2-3-9(15)6-12(8)18/h2-3,5-7,13,19H,4H2,1H3. The number of nitrogens with one attached hydrogen (secondary N) is 1. The maximum absolute atomic E-state index is 6.29. The van der Waals surface area contributed by atoms with E-state index in [4.69, 9.17) is 11.6 Å². The van der Waals surface area contributed by atoms with E-state index < -0.39 is 0 Å². The second-order valence-corrected chi connectivity index (χ2v) is 7.39. The Morgan fingerprint density at radius 2 is 1.95 bits per heavy atom. The van der Waals surface area contributed by atoms with Crippen molar-refractivity contribution in [3.8, 4) is 0 Å². The maximum Gasteiger partial charge on any atom is 0.0719 e. The molecule has 0 aliphatic carbocycles. The summed E-state index contributed by atoms with van der Waals surface area (Å²) in [6.45, 7) is 0. The molecule has 0 aliphatic rings. The van der Waals surface area contributed by atoms with E-state index in [0.717, 1.165) is 36.1 Å². The molecule has 1 atom stereocenters. The topological polar surface area (TPSA) is 24.9 Å². The number of rotatable bonds is 4. The number of hydrogen-bond acceptors (Lipinski definition) is 2. The van der Waals surface area contributed by atoms with E-state index in [2.05, 4.69) is 58.1 Å². The van der Waals surface area contributed by atoms with Crippen LogP contribution in [0.5, 0.6) is 0 Å². The largest absolute Gasteiger partial charge is 0.311 e. The molecule has 2 aromatic rings. The van der Waals surface area contributed by atoms with Crippen LogP contribution in [0.4, 0.5) is 0 Å². The molecule has 1 aromatic heterocycles. The fourth-order valence-corrected chi connectivity index (χ4v) is 3.94. The molecule has 0 saturated carbocycles. The summed E-state index contributed by atoms with van der Waals surface area (Å²) in [5, 5.41) is 4.05. The molecule has 1 N–H and O–H groups in total. The Hall–Kier alpha value is 0.0600. The normalized spacial score (nSPS) is 12.4. The van der Waals surface area contributed by atoms with Gasteiger partial charge in [0.25, 0.3) is 0 Å². The second-order valence-electron chi connectivity index (χ2n) is 4.30. The average Bonchev–Trinajstić information content (AvgIpc) is 2.39. The highest BCUT2D eigenvalue weighted by molar-refractivity contribution is 9.11. The zero-order valence-electron chi connectivity index (χ0n) is 10.6. The van der Waals surface area contributed by atoms with Crippen molar-refractivity contribution in [1.29, 1.82) is 0 Å². The fourth-order valence-electron chi connectivity index (χ4n) is 1.92. The van der Waals surface area contributed by atoms with E-state index in [-0.39, 0.29) is 6.04 Å². The van der Waals surface area contributed by atoms with Gasteiger partial charge in [-0.3, -0.25) is 4.98 Å². The molecule has 0 amide bonds. The third kappa shape index (κ3) is 4.04. The molecular formula is C14H12Br3ClN2. The Morgan fingerprint density at radius 3 is 2.55 bits per heavy atom. The highest BCUT2D eigenvalue weighted by Gasteiger charge is 2.16. The molecule has 0 bridgehead atoms. The molecule has 2 nitrogen and oxygen atoms in total. The monoisotopic (exact) mass is 480 g/mol. The Morgan fingerprint density at radius 1 is 1.20 bits per heavy atom. The van der Waals surface area contributed by atoms with Gasteiger partial charge in [-0.15, -0.1) is 0 Å². The Kier molecular flexibility index (Phi) is 6.05. The summed E-state index contributed by atoms with van der Waals surface area (Å²) in [5.41, 5.74) is 2.06. The van der Waals surface area contributed by atoms with Gasteiger partial charge in [-0.25, -0.2) is 0 Å². The molecule has 106 valence electrons. The molecule has 1 heterocycles. The van der Waals surface area contributed by atoms with Crippen LogP contribution < -0.4 is 5.32 Å². The van der Waals surface area contributed by atoms with Gasteiger partial charge in [-0.1, -0.05) is 33.6 Å². The summed E-state index contributed by atoms with van der Waals surface area (Å²) in [6.07, 6.45) is 2.57. The van der Waals surface area contributed by atoms with Crippen LogP contribution in [-0.2, 0) is 6.42 Å². The first-order valence-corrected chi connectivity index (χ1v) is 8.69. The molecule has 0 saturated heterocycles. The van der Waals surface area contributed by atoms with Gasteiger partial charge >= 0.3 is 0 Å². The summed E-state index contributed by atoms with van der Waals surface area (Å²) >= 11 is 16.7. The number of likely N-dealkylation sites (N-methyl/N-ethyl adjacent to an activating group) is 1. The van der Waals surface area contributed by atoms with Gasteiger partial charge in [0.15, 0.2) is 0 Å². The van der Waals surface area contributed by atoms with Crippen molar-refractivity contribution >= 4 is 59.4 Å². The van der Waals surface area contributed by atoms with Gasteiger partial charge in [0.2, 0.25) is 0 Å². The fraction of sp³-hybridized carbons (Fsp3) is 0.214. The van der Waals surface area contributed by atoms with Gasteiger partial charge in [0, 0.05) is 24.6 Å². The first kappa shape index (κ1) is 16.4. The van der Waals surface area contributed by atoms with Crippen LogP contribution in [0.3, 0.4) is 0 Å². The lowest BCUT2D eigenvalue weighted by atomic mass is 10.0. The molecular weight excluding hydrogens is 471 g/mol. The minimum atomic E-state index is 0.0937. The van der Waals surface area contributed by atoms with Crippen molar-refractivity contribution in [2.45, 2.75) is 12.5 Å². The minimum Gasteiger partial charge on any atom is -0.311 e. The molecule has 0 fully saturated rings. The second kappa shape index (κ2) is 7.36. The molecule has 0 aliphatic heterocycles. The van der Waals surface area contributed by atoms with Crippen LogP contribution in [0.25, 0.3) is 0 Å². The van der Waals surface area contributed by atoms with Gasteiger partial charge in [-0.2, -0.15) is 0 Å². The van der Waals surface area contributed by atoms with Crippen LogP contribution in [0.15, 0.2) is 43.9 Å². The van der Waals surface area contributed by atoms with E-state index in [9.17, 15) is 0 Å². The van der Waals surface area contributed by atoms with Crippen molar-refractivity contribution < 1.29 is 0 Å². The SMILES string of the molecule is CNC(Cc1ccc(Br)cc1Cl)c1ncc(Br)cc1Br.